The van der Waals surface area contributed by atoms with Crippen LogP contribution in [0.15, 0.2) is 43.0 Å². The maximum atomic E-state index is 12.5. The summed E-state index contributed by atoms with van der Waals surface area (Å²) in [6.45, 7) is 1.37. The minimum atomic E-state index is -0.357. The Hall–Kier alpha value is -2.54. The van der Waals surface area contributed by atoms with Crippen LogP contribution in [-0.2, 0) is 20.9 Å². The first-order chi connectivity index (χ1) is 12.6. The van der Waals surface area contributed by atoms with Crippen molar-refractivity contribution in [3.8, 4) is 5.75 Å². The number of methoxy groups -OCH3 is 1. The Labute approximate surface area is 157 Å². The highest BCUT2D eigenvalue weighted by Crippen LogP contribution is 2.23. The molecule has 0 fully saturated rings. The van der Waals surface area contributed by atoms with Crippen molar-refractivity contribution in [3.63, 3.8) is 0 Å². The number of carbonyl (C=O) groups excluding carboxylic acids is 2. The first-order valence-corrected chi connectivity index (χ1v) is 8.65. The van der Waals surface area contributed by atoms with Crippen LogP contribution in [0.3, 0.4) is 0 Å². The summed E-state index contributed by atoms with van der Waals surface area (Å²) in [6, 6.07) is 6.97. The van der Waals surface area contributed by atoms with Crippen molar-refractivity contribution in [1.29, 1.82) is 0 Å². The van der Waals surface area contributed by atoms with Gasteiger partial charge in [-0.05, 0) is 18.6 Å². The quantitative estimate of drug-likeness (QED) is 0.592. The van der Waals surface area contributed by atoms with E-state index in [1.165, 1.54) is 7.11 Å². The number of para-hydroxylation sites is 1. The molecule has 0 aliphatic rings. The van der Waals surface area contributed by atoms with Gasteiger partial charge in [0.05, 0.1) is 24.9 Å². The van der Waals surface area contributed by atoms with Crippen LogP contribution in [0, 0.1) is 0 Å². The van der Waals surface area contributed by atoms with Crippen LogP contribution >= 0.6 is 11.6 Å². The predicted molar refractivity (Wildman–Crippen MR) is 97.0 cm³/mol. The number of esters is 1. The minimum Gasteiger partial charge on any atom is -0.482 e. The van der Waals surface area contributed by atoms with Crippen molar-refractivity contribution in [2.24, 2.45) is 0 Å². The lowest BCUT2D eigenvalue weighted by molar-refractivity contribution is -0.142. The van der Waals surface area contributed by atoms with Gasteiger partial charge in [0.2, 0.25) is 0 Å². The molecule has 0 aliphatic heterocycles. The van der Waals surface area contributed by atoms with Crippen LogP contribution < -0.4 is 4.74 Å². The first-order valence-electron chi connectivity index (χ1n) is 8.28. The lowest BCUT2D eigenvalue weighted by Gasteiger charge is -2.22. The van der Waals surface area contributed by atoms with E-state index < -0.39 is 0 Å². The summed E-state index contributed by atoms with van der Waals surface area (Å²) in [6.07, 6.45) is 6.16. The van der Waals surface area contributed by atoms with Crippen LogP contribution in [0.2, 0.25) is 5.02 Å². The minimum absolute atomic E-state index is 0.138. The molecule has 7 nitrogen and oxygen atoms in total. The van der Waals surface area contributed by atoms with Gasteiger partial charge in [0.15, 0.2) is 6.61 Å². The van der Waals surface area contributed by atoms with Crippen molar-refractivity contribution >= 4 is 23.5 Å². The fourth-order valence-electron chi connectivity index (χ4n) is 2.35. The molecule has 2 rings (SSSR count). The molecule has 1 amide bonds. The average Bonchev–Trinajstić information content (AvgIpc) is 3.16. The summed E-state index contributed by atoms with van der Waals surface area (Å²) in [7, 11) is 1.33. The van der Waals surface area contributed by atoms with Crippen molar-refractivity contribution in [2.45, 2.75) is 19.4 Å². The molecule has 0 spiro atoms. The van der Waals surface area contributed by atoms with Crippen molar-refractivity contribution in [2.75, 3.05) is 26.8 Å². The Balaban J connectivity index is 1.88. The summed E-state index contributed by atoms with van der Waals surface area (Å²) >= 11 is 6.03. The third kappa shape index (κ3) is 6.40. The molecule has 0 N–H and O–H groups in total. The molecule has 0 atom stereocenters. The molecule has 8 heteroatoms. The zero-order valence-corrected chi connectivity index (χ0v) is 15.4. The molecule has 0 saturated heterocycles. The number of imidazole rings is 1. The summed E-state index contributed by atoms with van der Waals surface area (Å²) in [4.78, 5) is 29.5. The summed E-state index contributed by atoms with van der Waals surface area (Å²) in [5, 5.41) is 0.446. The maximum Gasteiger partial charge on any atom is 0.307 e. The molecule has 26 heavy (non-hydrogen) atoms. The second-order valence-electron chi connectivity index (χ2n) is 5.58. The molecule has 1 heterocycles. The van der Waals surface area contributed by atoms with E-state index >= 15 is 0 Å². The Bertz CT molecular complexity index is 706. The average molecular weight is 380 g/mol. The summed E-state index contributed by atoms with van der Waals surface area (Å²) in [5.41, 5.74) is 0. The Kier molecular flexibility index (Phi) is 7.95. The highest BCUT2D eigenvalue weighted by molar-refractivity contribution is 6.32. The number of hydrogen-bond donors (Lipinski definition) is 0. The second kappa shape index (κ2) is 10.5. The van der Waals surface area contributed by atoms with Crippen LogP contribution in [0.1, 0.15) is 12.8 Å². The lowest BCUT2D eigenvalue weighted by atomic mass is 10.3. The van der Waals surface area contributed by atoms with Gasteiger partial charge in [-0.15, -0.1) is 0 Å². The molecule has 140 valence electrons. The van der Waals surface area contributed by atoms with Crippen molar-refractivity contribution in [1.82, 2.24) is 14.5 Å². The molecule has 1 aromatic carbocycles. The zero-order valence-electron chi connectivity index (χ0n) is 14.6. The standard InChI is InChI=1S/C18H22ClN3O4/c1-25-18(24)7-11-22(10-4-9-21-12-8-20-14-21)17(23)13-26-16-6-3-2-5-15(16)19/h2-3,5-6,8,12,14H,4,7,9-11,13H2,1H3. The predicted octanol–water partition coefficient (Wildman–Crippen LogP) is 2.40. The molecule has 0 aliphatic carbocycles. The van der Waals surface area contributed by atoms with Crippen molar-refractivity contribution in [3.05, 3.63) is 48.0 Å². The molecular weight excluding hydrogens is 358 g/mol. The molecule has 0 radical (unpaired) electrons. The van der Waals surface area contributed by atoms with E-state index in [1.54, 1.807) is 41.7 Å². The van der Waals surface area contributed by atoms with Crippen LogP contribution in [0.25, 0.3) is 0 Å². The topological polar surface area (TPSA) is 73.7 Å². The number of halogens is 1. The number of nitrogens with zero attached hydrogens (tertiary/aromatic N) is 3. The Morgan fingerprint density at radius 1 is 1.27 bits per heavy atom. The number of benzene rings is 1. The normalized spacial score (nSPS) is 10.4. The van der Waals surface area contributed by atoms with Crippen molar-refractivity contribution < 1.29 is 19.1 Å². The molecule has 0 bridgehead atoms. The number of carbonyl (C=O) groups is 2. The fraction of sp³-hybridized carbons (Fsp3) is 0.389. The van der Waals surface area contributed by atoms with E-state index in [1.807, 2.05) is 10.8 Å². The smallest absolute Gasteiger partial charge is 0.307 e. The van der Waals surface area contributed by atoms with Gasteiger partial charge in [0.25, 0.3) is 5.91 Å². The fourth-order valence-corrected chi connectivity index (χ4v) is 2.54. The molecule has 1 aromatic heterocycles. The van der Waals surface area contributed by atoms with Gasteiger partial charge < -0.3 is 18.9 Å². The van der Waals surface area contributed by atoms with Crippen LogP contribution in [0.5, 0.6) is 5.75 Å². The van der Waals surface area contributed by atoms with Crippen LogP contribution in [0.4, 0.5) is 0 Å². The molecule has 2 aromatic rings. The second-order valence-corrected chi connectivity index (χ2v) is 5.99. The van der Waals surface area contributed by atoms with Gasteiger partial charge >= 0.3 is 5.97 Å². The third-order valence-electron chi connectivity index (χ3n) is 3.76. The van der Waals surface area contributed by atoms with Gasteiger partial charge in [0, 0.05) is 32.0 Å². The van der Waals surface area contributed by atoms with E-state index in [0.717, 1.165) is 13.0 Å². The summed E-state index contributed by atoms with van der Waals surface area (Å²) in [5.74, 6) is -0.113. The van der Waals surface area contributed by atoms with E-state index in [4.69, 9.17) is 16.3 Å². The third-order valence-corrected chi connectivity index (χ3v) is 4.07. The number of rotatable bonds is 10. The maximum absolute atomic E-state index is 12.5. The Morgan fingerprint density at radius 3 is 2.77 bits per heavy atom. The highest BCUT2D eigenvalue weighted by atomic mass is 35.5. The van der Waals surface area contributed by atoms with E-state index in [0.29, 0.717) is 17.3 Å². The monoisotopic (exact) mass is 379 g/mol. The van der Waals surface area contributed by atoms with Gasteiger partial charge in [-0.25, -0.2) is 4.98 Å². The van der Waals surface area contributed by atoms with E-state index in [-0.39, 0.29) is 31.4 Å². The van der Waals surface area contributed by atoms with Gasteiger partial charge in [-0.3, -0.25) is 9.59 Å². The molecule has 0 unspecified atom stereocenters. The number of hydrogen-bond acceptors (Lipinski definition) is 5. The lowest BCUT2D eigenvalue weighted by Crippen LogP contribution is -2.37. The number of aryl methyl sites for hydroxylation is 1. The van der Waals surface area contributed by atoms with Crippen LogP contribution in [-0.4, -0.2) is 53.1 Å². The number of aromatic nitrogens is 2. The highest BCUT2D eigenvalue weighted by Gasteiger charge is 2.16. The van der Waals surface area contributed by atoms with Gasteiger partial charge in [-0.2, -0.15) is 0 Å². The first kappa shape index (κ1) is 19.8. The molecular formula is C18H22ClN3O4. The molecule has 0 saturated carbocycles. The number of ether oxygens (including phenoxy) is 2. The van der Waals surface area contributed by atoms with Gasteiger partial charge in [-0.1, -0.05) is 23.7 Å². The summed E-state index contributed by atoms with van der Waals surface area (Å²) < 4.78 is 12.1. The van der Waals surface area contributed by atoms with E-state index in [9.17, 15) is 9.59 Å². The Morgan fingerprint density at radius 2 is 2.08 bits per heavy atom. The largest absolute Gasteiger partial charge is 0.482 e. The number of amides is 1. The van der Waals surface area contributed by atoms with Gasteiger partial charge in [0.1, 0.15) is 5.75 Å². The zero-order chi connectivity index (χ0) is 18.8. The SMILES string of the molecule is COC(=O)CCN(CCCn1ccnc1)C(=O)COc1ccccc1Cl. The van der Waals surface area contributed by atoms with E-state index in [2.05, 4.69) is 9.72 Å².